The average molecular weight is 292 g/mol. The van der Waals surface area contributed by atoms with Crippen molar-refractivity contribution in [3.8, 4) is 5.75 Å². The molecule has 2 N–H and O–H groups in total. The van der Waals surface area contributed by atoms with E-state index in [1.165, 1.54) is 0 Å². The quantitative estimate of drug-likeness (QED) is 0.660. The van der Waals surface area contributed by atoms with Gasteiger partial charge in [0, 0.05) is 6.07 Å². The predicted octanol–water partition coefficient (Wildman–Crippen LogP) is 2.64. The molecule has 106 valence electrons. The molecule has 0 saturated heterocycles. The van der Waals surface area contributed by atoms with Crippen LogP contribution in [0.15, 0.2) is 18.2 Å². The van der Waals surface area contributed by atoms with Gasteiger partial charge in [0.1, 0.15) is 17.1 Å². The maximum absolute atomic E-state index is 13.0. The number of hydrogen-bond donors (Lipinski definition) is 2. The second-order valence-corrected chi connectivity index (χ2v) is 3.78. The largest absolute Gasteiger partial charge is 0.507 e. The molecule has 0 bridgehead atoms. The molecule has 2 aromatic rings. The zero-order valence-electron chi connectivity index (χ0n) is 9.42. The number of nitrogens with zero attached hydrogens (tertiary/aromatic N) is 1. The van der Waals surface area contributed by atoms with Crippen LogP contribution in [-0.2, 0) is 6.18 Å². The van der Waals surface area contributed by atoms with Gasteiger partial charge in [-0.15, -0.1) is 0 Å². The topological polar surface area (TPSA) is 66.0 Å². The highest BCUT2D eigenvalue weighted by molar-refractivity contribution is 6.09. The molecular formula is C11H5F5N2O2. The van der Waals surface area contributed by atoms with Crippen molar-refractivity contribution in [1.29, 1.82) is 0 Å². The standard InChI is InChI=1S/C11H5F5N2O2/c12-5-1-4(8(19)2-6(5)13)10(20)7-3-9(18-17-7)11(14,15)16/h1-3,19H,(H,17,18). The zero-order valence-corrected chi connectivity index (χ0v) is 9.42. The van der Waals surface area contributed by atoms with E-state index >= 15 is 0 Å². The number of aromatic hydroxyl groups is 1. The van der Waals surface area contributed by atoms with Crippen molar-refractivity contribution in [3.05, 3.63) is 46.8 Å². The molecule has 0 unspecified atom stereocenters. The molecule has 1 aromatic carbocycles. The van der Waals surface area contributed by atoms with Crippen LogP contribution >= 0.6 is 0 Å². The van der Waals surface area contributed by atoms with Gasteiger partial charge in [-0.3, -0.25) is 9.89 Å². The number of carbonyl (C=O) groups excluding carboxylic acids is 1. The molecule has 2 rings (SSSR count). The van der Waals surface area contributed by atoms with E-state index in [0.29, 0.717) is 18.2 Å². The molecule has 0 aliphatic heterocycles. The number of H-pyrrole nitrogens is 1. The Kier molecular flexibility index (Phi) is 3.20. The molecule has 0 spiro atoms. The molecule has 1 heterocycles. The highest BCUT2D eigenvalue weighted by Gasteiger charge is 2.34. The molecular weight excluding hydrogens is 287 g/mol. The Morgan fingerprint density at radius 3 is 2.30 bits per heavy atom. The minimum Gasteiger partial charge on any atom is -0.507 e. The third-order valence-electron chi connectivity index (χ3n) is 2.40. The van der Waals surface area contributed by atoms with Crippen molar-refractivity contribution in [2.75, 3.05) is 0 Å². The van der Waals surface area contributed by atoms with E-state index in [2.05, 4.69) is 5.10 Å². The van der Waals surface area contributed by atoms with Crippen molar-refractivity contribution in [1.82, 2.24) is 10.2 Å². The number of alkyl halides is 3. The van der Waals surface area contributed by atoms with Crippen molar-refractivity contribution in [2.45, 2.75) is 6.18 Å². The monoisotopic (exact) mass is 292 g/mol. The van der Waals surface area contributed by atoms with Gasteiger partial charge in [-0.1, -0.05) is 0 Å². The fourth-order valence-electron chi connectivity index (χ4n) is 1.44. The van der Waals surface area contributed by atoms with Gasteiger partial charge in [-0.05, 0) is 12.1 Å². The summed E-state index contributed by atoms with van der Waals surface area (Å²) in [6.07, 6.45) is -4.73. The van der Waals surface area contributed by atoms with E-state index in [1.807, 2.05) is 0 Å². The summed E-state index contributed by atoms with van der Waals surface area (Å²) in [7, 11) is 0. The Bertz CT molecular complexity index is 678. The lowest BCUT2D eigenvalue weighted by Gasteiger charge is -2.02. The van der Waals surface area contributed by atoms with Crippen LogP contribution in [0.25, 0.3) is 0 Å². The lowest BCUT2D eigenvalue weighted by atomic mass is 10.1. The molecule has 20 heavy (non-hydrogen) atoms. The summed E-state index contributed by atoms with van der Waals surface area (Å²) in [5.74, 6) is -4.88. The molecule has 0 atom stereocenters. The van der Waals surface area contributed by atoms with Crippen LogP contribution in [0.4, 0.5) is 22.0 Å². The molecule has 0 radical (unpaired) electrons. The number of ketones is 1. The lowest BCUT2D eigenvalue weighted by Crippen LogP contribution is -2.05. The highest BCUT2D eigenvalue weighted by atomic mass is 19.4. The van der Waals surface area contributed by atoms with E-state index in [9.17, 15) is 31.9 Å². The van der Waals surface area contributed by atoms with Gasteiger partial charge in [0.25, 0.3) is 0 Å². The second kappa shape index (κ2) is 4.58. The number of nitrogens with one attached hydrogen (secondary N) is 1. The zero-order chi connectivity index (χ0) is 15.1. The van der Waals surface area contributed by atoms with Gasteiger partial charge in [0.2, 0.25) is 5.78 Å². The van der Waals surface area contributed by atoms with Gasteiger partial charge in [-0.25, -0.2) is 8.78 Å². The smallest absolute Gasteiger partial charge is 0.432 e. The number of aromatic amines is 1. The number of hydrogen-bond acceptors (Lipinski definition) is 3. The molecule has 1 aromatic heterocycles. The van der Waals surface area contributed by atoms with Gasteiger partial charge < -0.3 is 5.11 Å². The number of benzene rings is 1. The van der Waals surface area contributed by atoms with Crippen molar-refractivity contribution in [2.24, 2.45) is 0 Å². The molecule has 0 aliphatic rings. The fourth-order valence-corrected chi connectivity index (χ4v) is 1.44. The van der Waals surface area contributed by atoms with Gasteiger partial charge >= 0.3 is 6.18 Å². The first-order valence-corrected chi connectivity index (χ1v) is 5.05. The Hall–Kier alpha value is -2.45. The summed E-state index contributed by atoms with van der Waals surface area (Å²) >= 11 is 0. The first-order chi connectivity index (χ1) is 9.20. The van der Waals surface area contributed by atoms with Crippen LogP contribution in [0.2, 0.25) is 0 Å². The van der Waals surface area contributed by atoms with Crippen LogP contribution in [-0.4, -0.2) is 21.1 Å². The maximum Gasteiger partial charge on any atom is 0.432 e. The predicted molar refractivity (Wildman–Crippen MR) is 55.0 cm³/mol. The summed E-state index contributed by atoms with van der Waals surface area (Å²) in [5.41, 5.74) is -2.65. The normalized spacial score (nSPS) is 11.7. The average Bonchev–Trinajstić information content (AvgIpc) is 2.82. The first-order valence-electron chi connectivity index (χ1n) is 5.05. The van der Waals surface area contributed by atoms with Crippen molar-refractivity contribution >= 4 is 5.78 Å². The Morgan fingerprint density at radius 1 is 1.15 bits per heavy atom. The van der Waals surface area contributed by atoms with Crippen LogP contribution < -0.4 is 0 Å². The third-order valence-corrected chi connectivity index (χ3v) is 2.40. The number of phenolic OH excluding ortho intramolecular Hbond substituents is 1. The lowest BCUT2D eigenvalue weighted by molar-refractivity contribution is -0.141. The van der Waals surface area contributed by atoms with E-state index < -0.39 is 46.3 Å². The summed E-state index contributed by atoms with van der Waals surface area (Å²) in [4.78, 5) is 11.8. The van der Waals surface area contributed by atoms with Gasteiger partial charge in [0.15, 0.2) is 11.6 Å². The van der Waals surface area contributed by atoms with E-state index in [0.717, 1.165) is 0 Å². The summed E-state index contributed by atoms with van der Waals surface area (Å²) < 4.78 is 62.7. The summed E-state index contributed by atoms with van der Waals surface area (Å²) in [5, 5.41) is 14.1. The SMILES string of the molecule is O=C(c1cc(C(F)(F)F)[nH]n1)c1cc(F)c(F)cc1O. The maximum atomic E-state index is 13.0. The number of halogens is 5. The van der Waals surface area contributed by atoms with E-state index in [-0.39, 0.29) is 0 Å². The first kappa shape index (κ1) is 14.0. The van der Waals surface area contributed by atoms with Gasteiger partial charge in [0.05, 0.1) is 5.56 Å². The molecule has 4 nitrogen and oxygen atoms in total. The van der Waals surface area contributed by atoms with Crippen LogP contribution in [0, 0.1) is 11.6 Å². The Labute approximate surface area is 107 Å². The molecule has 0 saturated carbocycles. The molecule has 0 aliphatic carbocycles. The Balaban J connectivity index is 2.42. The number of rotatable bonds is 2. The summed E-state index contributed by atoms with van der Waals surface area (Å²) in [6.45, 7) is 0. The van der Waals surface area contributed by atoms with Crippen molar-refractivity contribution in [3.63, 3.8) is 0 Å². The Morgan fingerprint density at radius 2 is 1.75 bits per heavy atom. The molecule has 9 heteroatoms. The van der Waals surface area contributed by atoms with Gasteiger partial charge in [-0.2, -0.15) is 18.3 Å². The van der Waals surface area contributed by atoms with Crippen LogP contribution in [0.1, 0.15) is 21.7 Å². The highest BCUT2D eigenvalue weighted by Crippen LogP contribution is 2.29. The van der Waals surface area contributed by atoms with Crippen LogP contribution in [0.5, 0.6) is 5.75 Å². The minimum absolute atomic E-state index is 0.347. The molecule has 0 fully saturated rings. The number of carbonyl (C=O) groups is 1. The van der Waals surface area contributed by atoms with Crippen molar-refractivity contribution < 1.29 is 31.9 Å². The van der Waals surface area contributed by atoms with E-state index in [4.69, 9.17) is 0 Å². The third kappa shape index (κ3) is 2.46. The van der Waals surface area contributed by atoms with E-state index in [1.54, 1.807) is 5.10 Å². The number of aromatic nitrogens is 2. The molecule has 0 amide bonds. The fraction of sp³-hybridized carbons (Fsp3) is 0.0909. The summed E-state index contributed by atoms with van der Waals surface area (Å²) in [6, 6.07) is 1.14. The number of phenols is 1. The second-order valence-electron chi connectivity index (χ2n) is 3.78. The minimum atomic E-state index is -4.73. The van der Waals surface area contributed by atoms with Crippen LogP contribution in [0.3, 0.4) is 0 Å².